The van der Waals surface area contributed by atoms with Crippen molar-refractivity contribution in [1.29, 1.82) is 0 Å². The Morgan fingerprint density at radius 2 is 0.583 bits per heavy atom. The minimum Gasteiger partial charge on any atom is -0.0885 e. The summed E-state index contributed by atoms with van der Waals surface area (Å²) < 4.78 is 0. The van der Waals surface area contributed by atoms with Crippen LogP contribution >= 0.6 is 0 Å². The molecule has 216 valence electrons. The lowest BCUT2D eigenvalue weighted by molar-refractivity contribution is 0.500. The Labute approximate surface area is 231 Å². The van der Waals surface area contributed by atoms with Crippen LogP contribution in [-0.4, -0.2) is 0 Å². The zero-order chi connectivity index (χ0) is 26.2. The molecule has 0 aliphatic carbocycles. The van der Waals surface area contributed by atoms with Crippen LogP contribution in [0.15, 0.2) is 12.2 Å². The van der Waals surface area contributed by atoms with E-state index in [9.17, 15) is 0 Å². The normalized spacial score (nSPS) is 11.9. The van der Waals surface area contributed by atoms with Crippen molar-refractivity contribution in [3.63, 3.8) is 0 Å². The molecule has 0 amide bonds. The van der Waals surface area contributed by atoms with E-state index >= 15 is 0 Å². The van der Waals surface area contributed by atoms with Crippen LogP contribution in [0.25, 0.3) is 0 Å². The topological polar surface area (TPSA) is 0 Å². The Morgan fingerprint density at radius 1 is 0.333 bits per heavy atom. The van der Waals surface area contributed by atoms with Gasteiger partial charge in [-0.1, -0.05) is 200 Å². The van der Waals surface area contributed by atoms with Gasteiger partial charge in [-0.25, -0.2) is 0 Å². The van der Waals surface area contributed by atoms with Crippen LogP contribution in [0.4, 0.5) is 0 Å². The van der Waals surface area contributed by atoms with E-state index < -0.39 is 0 Å². The Morgan fingerprint density at radius 3 is 0.861 bits per heavy atom. The summed E-state index contributed by atoms with van der Waals surface area (Å²) in [5, 5.41) is 0. The summed E-state index contributed by atoms with van der Waals surface area (Å²) in [7, 11) is 0. The second-order valence-corrected chi connectivity index (χ2v) is 12.4. The maximum absolute atomic E-state index is 2.45. The van der Waals surface area contributed by atoms with Gasteiger partial charge in [0.05, 0.1) is 0 Å². The highest BCUT2D eigenvalue weighted by atomic mass is 14.0. The lowest BCUT2D eigenvalue weighted by Gasteiger charge is -2.05. The fourth-order valence-electron chi connectivity index (χ4n) is 5.45. The zero-order valence-electron chi connectivity index (χ0n) is 25.9. The molecule has 0 fully saturated rings. The van der Waals surface area contributed by atoms with Crippen LogP contribution in [0, 0.1) is 5.92 Å². The molecule has 36 heavy (non-hydrogen) atoms. The monoisotopic (exact) mass is 505 g/mol. The van der Waals surface area contributed by atoms with Gasteiger partial charge in [0.2, 0.25) is 0 Å². The molecule has 0 aromatic carbocycles. The first-order valence-corrected chi connectivity index (χ1v) is 17.4. The Bertz CT molecular complexity index is 393. The van der Waals surface area contributed by atoms with Crippen LogP contribution in [-0.2, 0) is 0 Å². The molecule has 0 N–H and O–H groups in total. The molecular formula is C36H72. The third kappa shape index (κ3) is 33.7. The second-order valence-electron chi connectivity index (χ2n) is 12.4. The average Bonchev–Trinajstić information content (AvgIpc) is 2.87. The first kappa shape index (κ1) is 35.7. The third-order valence-electron chi connectivity index (χ3n) is 8.04. The molecule has 0 heteroatoms. The van der Waals surface area contributed by atoms with Crippen LogP contribution < -0.4 is 0 Å². The molecule has 0 atom stereocenters. The third-order valence-corrected chi connectivity index (χ3v) is 8.04. The van der Waals surface area contributed by atoms with Crippen LogP contribution in [0.2, 0.25) is 0 Å². The van der Waals surface area contributed by atoms with Crippen molar-refractivity contribution in [1.82, 2.24) is 0 Å². The van der Waals surface area contributed by atoms with Crippen molar-refractivity contribution < 1.29 is 0 Å². The van der Waals surface area contributed by atoms with Crippen molar-refractivity contribution in [2.45, 2.75) is 213 Å². The number of unbranched alkanes of at least 4 members (excludes halogenated alkanes) is 27. The number of allylic oxidation sites excluding steroid dienone is 2. The summed E-state index contributed by atoms with van der Waals surface area (Å²) in [4.78, 5) is 0. The summed E-state index contributed by atoms with van der Waals surface area (Å²) in [5.74, 6) is 0.895. The van der Waals surface area contributed by atoms with Crippen molar-refractivity contribution in [3.8, 4) is 0 Å². The summed E-state index contributed by atoms with van der Waals surface area (Å²) in [5.41, 5.74) is 0. The number of hydrogen-bond acceptors (Lipinski definition) is 0. The Hall–Kier alpha value is -0.260. The first-order valence-electron chi connectivity index (χ1n) is 17.4. The SMILES string of the molecule is CCCCCCCCC=CCCCCCCCCCCCCCCCCCCCCCCCC(C)C. The van der Waals surface area contributed by atoms with Gasteiger partial charge in [0.15, 0.2) is 0 Å². The van der Waals surface area contributed by atoms with Gasteiger partial charge in [0.25, 0.3) is 0 Å². The number of rotatable bonds is 31. The summed E-state index contributed by atoms with van der Waals surface area (Å²) in [6.07, 6.45) is 48.4. The molecular weight excluding hydrogens is 432 g/mol. The van der Waals surface area contributed by atoms with Crippen LogP contribution in [0.3, 0.4) is 0 Å². The van der Waals surface area contributed by atoms with Crippen LogP contribution in [0.5, 0.6) is 0 Å². The maximum atomic E-state index is 2.45. The lowest BCUT2D eigenvalue weighted by atomic mass is 10.0. The molecule has 0 heterocycles. The van der Waals surface area contributed by atoms with Crippen molar-refractivity contribution in [3.05, 3.63) is 12.2 Å². The van der Waals surface area contributed by atoms with E-state index in [1.54, 1.807) is 0 Å². The molecule has 0 spiro atoms. The van der Waals surface area contributed by atoms with Gasteiger partial charge in [-0.15, -0.1) is 0 Å². The first-order chi connectivity index (χ1) is 17.8. The highest BCUT2D eigenvalue weighted by Gasteiger charge is 1.97. The predicted molar refractivity (Wildman–Crippen MR) is 168 cm³/mol. The minimum absolute atomic E-state index is 0.895. The molecule has 0 rings (SSSR count). The maximum Gasteiger partial charge on any atom is -0.0351 e. The van der Waals surface area contributed by atoms with Gasteiger partial charge in [-0.05, 0) is 31.6 Å². The summed E-state index contributed by atoms with van der Waals surface area (Å²) in [6, 6.07) is 0. The molecule has 0 aromatic rings. The molecule has 0 bridgehead atoms. The molecule has 0 aliphatic heterocycles. The average molecular weight is 505 g/mol. The van der Waals surface area contributed by atoms with Crippen molar-refractivity contribution in [2.75, 3.05) is 0 Å². The van der Waals surface area contributed by atoms with Gasteiger partial charge >= 0.3 is 0 Å². The largest absolute Gasteiger partial charge is 0.0885 e. The van der Waals surface area contributed by atoms with Crippen molar-refractivity contribution >= 4 is 0 Å². The van der Waals surface area contributed by atoms with Gasteiger partial charge in [-0.3, -0.25) is 0 Å². The quantitative estimate of drug-likeness (QED) is 0.0650. The lowest BCUT2D eigenvalue weighted by Crippen LogP contribution is -1.87. The molecule has 0 saturated carbocycles. The standard InChI is InChI=1S/C36H72/c1-4-5-6-7-8-9-10-11-12-13-14-15-16-17-18-19-20-21-22-23-24-25-26-27-28-29-30-31-32-33-34-35-36(2)3/h11-12,36H,4-10,13-35H2,1-3H3. The predicted octanol–water partition coefficient (Wildman–Crippen LogP) is 13.9. The zero-order valence-corrected chi connectivity index (χ0v) is 25.9. The van der Waals surface area contributed by atoms with E-state index in [-0.39, 0.29) is 0 Å². The van der Waals surface area contributed by atoms with E-state index in [4.69, 9.17) is 0 Å². The molecule has 0 unspecified atom stereocenters. The highest BCUT2D eigenvalue weighted by molar-refractivity contribution is 4.81. The molecule has 0 aromatic heterocycles. The van der Waals surface area contributed by atoms with Crippen molar-refractivity contribution in [2.24, 2.45) is 5.92 Å². The van der Waals surface area contributed by atoms with Crippen LogP contribution in [0.1, 0.15) is 213 Å². The fourth-order valence-corrected chi connectivity index (χ4v) is 5.45. The van der Waals surface area contributed by atoms with E-state index in [1.807, 2.05) is 0 Å². The summed E-state index contributed by atoms with van der Waals surface area (Å²) >= 11 is 0. The number of hydrogen-bond donors (Lipinski definition) is 0. The molecule has 0 radical (unpaired) electrons. The molecule has 0 nitrogen and oxygen atoms in total. The van der Waals surface area contributed by atoms with E-state index in [2.05, 4.69) is 32.9 Å². The van der Waals surface area contributed by atoms with E-state index in [0.29, 0.717) is 0 Å². The van der Waals surface area contributed by atoms with Gasteiger partial charge in [-0.2, -0.15) is 0 Å². The Kier molecular flexibility index (Phi) is 32.5. The fraction of sp³-hybridized carbons (Fsp3) is 0.944. The smallest absolute Gasteiger partial charge is 0.0351 e. The highest BCUT2D eigenvalue weighted by Crippen LogP contribution is 2.16. The van der Waals surface area contributed by atoms with E-state index in [0.717, 1.165) is 5.92 Å². The van der Waals surface area contributed by atoms with Gasteiger partial charge < -0.3 is 0 Å². The van der Waals surface area contributed by atoms with Gasteiger partial charge in [0.1, 0.15) is 0 Å². The Balaban J connectivity index is 3.06. The second kappa shape index (κ2) is 32.8. The summed E-state index contributed by atoms with van der Waals surface area (Å²) in [6.45, 7) is 6.99. The molecule has 0 saturated heterocycles. The minimum atomic E-state index is 0.895. The van der Waals surface area contributed by atoms with Gasteiger partial charge in [0, 0.05) is 0 Å². The van der Waals surface area contributed by atoms with E-state index in [1.165, 1.54) is 193 Å². The molecule has 0 aliphatic rings.